The molecule has 0 saturated carbocycles. The highest BCUT2D eigenvalue weighted by atomic mass is 35.5. The number of halogens is 1. The molecule has 122 valence electrons. The topological polar surface area (TPSA) is 64.9 Å². The monoisotopic (exact) mass is 343 g/mol. The number of carbonyl (C=O) groups excluding carboxylic acids is 1. The minimum Gasteiger partial charge on any atom is -0.485 e. The molecule has 2 aromatic heterocycles. The molecule has 3 aromatic rings. The van der Waals surface area contributed by atoms with Gasteiger partial charge in [0.2, 0.25) is 6.10 Å². The molecule has 1 aliphatic heterocycles. The van der Waals surface area contributed by atoms with Gasteiger partial charge in [-0.15, -0.1) is 0 Å². The van der Waals surface area contributed by atoms with Crippen LogP contribution in [0.15, 0.2) is 48.8 Å². The number of hydrogen-bond donors (Lipinski definition) is 1. The molecule has 0 spiro atoms. The van der Waals surface area contributed by atoms with Crippen LogP contribution in [0, 0.1) is 0 Å². The lowest BCUT2D eigenvalue weighted by Crippen LogP contribution is -2.43. The highest BCUT2D eigenvalue weighted by Crippen LogP contribution is 2.30. The van der Waals surface area contributed by atoms with Crippen LogP contribution in [0.1, 0.15) is 5.69 Å². The average Bonchev–Trinajstić information content (AvgIpc) is 3.01. The van der Waals surface area contributed by atoms with Crippen LogP contribution in [0.5, 0.6) is 11.5 Å². The van der Waals surface area contributed by atoms with Crippen molar-refractivity contribution in [2.45, 2.75) is 12.6 Å². The number of pyridine rings is 1. The number of fused-ring (bicyclic) bond motifs is 2. The Balaban J connectivity index is 1.41. The molecule has 0 bridgehead atoms. The molecular formula is C17H14ClN3O3. The van der Waals surface area contributed by atoms with Gasteiger partial charge in [-0.05, 0) is 24.3 Å². The second kappa shape index (κ2) is 6.05. The first-order valence-corrected chi connectivity index (χ1v) is 7.86. The van der Waals surface area contributed by atoms with Crippen LogP contribution >= 0.6 is 11.6 Å². The molecule has 24 heavy (non-hydrogen) atoms. The Kier molecular flexibility index (Phi) is 3.74. The number of ether oxygens (including phenoxy) is 2. The van der Waals surface area contributed by atoms with Crippen molar-refractivity contribution in [3.05, 3.63) is 59.5 Å². The molecule has 0 aliphatic carbocycles. The van der Waals surface area contributed by atoms with E-state index in [9.17, 15) is 4.79 Å². The third kappa shape index (κ3) is 2.88. The minimum absolute atomic E-state index is 0.184. The first kappa shape index (κ1) is 14.8. The normalized spacial score (nSPS) is 16.1. The summed E-state index contributed by atoms with van der Waals surface area (Å²) in [6.07, 6.45) is 2.92. The van der Waals surface area contributed by atoms with Crippen molar-refractivity contribution in [3.8, 4) is 11.5 Å². The Morgan fingerprint density at radius 2 is 2.08 bits per heavy atom. The van der Waals surface area contributed by atoms with Gasteiger partial charge in [0.25, 0.3) is 5.91 Å². The van der Waals surface area contributed by atoms with Gasteiger partial charge in [0, 0.05) is 12.4 Å². The molecule has 1 aliphatic rings. The maximum absolute atomic E-state index is 12.3. The van der Waals surface area contributed by atoms with Crippen LogP contribution in [-0.4, -0.2) is 28.0 Å². The first-order valence-electron chi connectivity index (χ1n) is 7.48. The Hall–Kier alpha value is -2.73. The predicted octanol–water partition coefficient (Wildman–Crippen LogP) is 2.44. The average molecular weight is 344 g/mol. The van der Waals surface area contributed by atoms with Gasteiger partial charge in [-0.2, -0.15) is 0 Å². The van der Waals surface area contributed by atoms with Crippen LogP contribution < -0.4 is 14.8 Å². The summed E-state index contributed by atoms with van der Waals surface area (Å²) in [6, 6.07) is 10.9. The van der Waals surface area contributed by atoms with E-state index in [1.165, 1.54) is 0 Å². The summed E-state index contributed by atoms with van der Waals surface area (Å²) in [5.41, 5.74) is 1.51. The zero-order chi connectivity index (χ0) is 16.5. The summed E-state index contributed by atoms with van der Waals surface area (Å²) in [5, 5.41) is 3.45. The summed E-state index contributed by atoms with van der Waals surface area (Å²) in [7, 11) is 0. The fourth-order valence-electron chi connectivity index (χ4n) is 2.54. The number of imidazole rings is 1. The fraction of sp³-hybridized carbons (Fsp3) is 0.176. The van der Waals surface area contributed by atoms with E-state index in [1.54, 1.807) is 18.3 Å². The van der Waals surface area contributed by atoms with E-state index >= 15 is 0 Å². The van der Waals surface area contributed by atoms with Crippen molar-refractivity contribution in [2.75, 3.05) is 6.61 Å². The summed E-state index contributed by atoms with van der Waals surface area (Å²) in [6.45, 7) is 0.489. The molecule has 1 aromatic carbocycles. The van der Waals surface area contributed by atoms with Gasteiger partial charge in [0.15, 0.2) is 11.5 Å². The molecule has 6 nitrogen and oxygen atoms in total. The third-order valence-corrected chi connectivity index (χ3v) is 3.93. The van der Waals surface area contributed by atoms with Gasteiger partial charge >= 0.3 is 0 Å². The van der Waals surface area contributed by atoms with Gasteiger partial charge in [-0.25, -0.2) is 4.98 Å². The zero-order valence-electron chi connectivity index (χ0n) is 12.6. The highest BCUT2D eigenvalue weighted by molar-refractivity contribution is 6.30. The SMILES string of the molecule is O=C(NCc1cn2cc(Cl)ccc2n1)C1COc2ccccc2O1. The number of nitrogens with one attached hydrogen (secondary N) is 1. The lowest BCUT2D eigenvalue weighted by Gasteiger charge is -2.25. The van der Waals surface area contributed by atoms with E-state index in [4.69, 9.17) is 21.1 Å². The molecule has 1 unspecified atom stereocenters. The Labute approximate surface area is 143 Å². The quantitative estimate of drug-likeness (QED) is 0.793. The Morgan fingerprint density at radius 3 is 2.96 bits per heavy atom. The largest absolute Gasteiger partial charge is 0.485 e. The van der Waals surface area contributed by atoms with Crippen LogP contribution in [0.4, 0.5) is 0 Å². The molecule has 0 radical (unpaired) electrons. The molecule has 1 amide bonds. The molecule has 1 N–H and O–H groups in total. The van der Waals surface area contributed by atoms with Crippen molar-refractivity contribution in [1.29, 1.82) is 0 Å². The standard InChI is InChI=1S/C17H14ClN3O3/c18-11-5-6-16-20-12(9-21(16)8-11)7-19-17(22)15-10-23-13-3-1-2-4-14(13)24-15/h1-6,8-9,15H,7,10H2,(H,19,22). The molecule has 7 heteroatoms. The summed E-state index contributed by atoms with van der Waals surface area (Å²) >= 11 is 5.95. The van der Waals surface area contributed by atoms with Gasteiger partial charge in [0.05, 0.1) is 17.3 Å². The lowest BCUT2D eigenvalue weighted by atomic mass is 10.2. The van der Waals surface area contributed by atoms with Crippen molar-refractivity contribution < 1.29 is 14.3 Å². The second-order valence-corrected chi connectivity index (χ2v) is 5.86. The molecule has 0 fully saturated rings. The number of aromatic nitrogens is 2. The number of carbonyl (C=O) groups is 1. The molecule has 1 atom stereocenters. The summed E-state index contributed by atoms with van der Waals surface area (Å²) in [5.74, 6) is 0.990. The maximum Gasteiger partial charge on any atom is 0.265 e. The minimum atomic E-state index is -0.675. The zero-order valence-corrected chi connectivity index (χ0v) is 13.4. The summed E-state index contributed by atoms with van der Waals surface area (Å²) < 4.78 is 13.0. The number of para-hydroxylation sites is 2. The number of amides is 1. The smallest absolute Gasteiger partial charge is 0.265 e. The van der Waals surface area contributed by atoms with E-state index < -0.39 is 6.10 Å². The molecule has 4 rings (SSSR count). The number of hydrogen-bond acceptors (Lipinski definition) is 4. The molecular weight excluding hydrogens is 330 g/mol. The van der Waals surface area contributed by atoms with Crippen molar-refractivity contribution in [2.24, 2.45) is 0 Å². The lowest BCUT2D eigenvalue weighted by molar-refractivity contribution is -0.130. The van der Waals surface area contributed by atoms with Crippen LogP contribution in [0.3, 0.4) is 0 Å². The van der Waals surface area contributed by atoms with Crippen LogP contribution in [0.25, 0.3) is 5.65 Å². The fourth-order valence-corrected chi connectivity index (χ4v) is 2.71. The van der Waals surface area contributed by atoms with E-state index in [2.05, 4.69) is 10.3 Å². The van der Waals surface area contributed by atoms with Crippen molar-refractivity contribution >= 4 is 23.2 Å². The number of rotatable bonds is 3. The van der Waals surface area contributed by atoms with Crippen molar-refractivity contribution in [3.63, 3.8) is 0 Å². The van der Waals surface area contributed by atoms with E-state index in [-0.39, 0.29) is 12.5 Å². The summed E-state index contributed by atoms with van der Waals surface area (Å²) in [4.78, 5) is 16.7. The maximum atomic E-state index is 12.3. The number of benzene rings is 1. The third-order valence-electron chi connectivity index (χ3n) is 3.71. The Morgan fingerprint density at radius 1 is 1.25 bits per heavy atom. The Bertz CT molecular complexity index is 909. The van der Waals surface area contributed by atoms with E-state index in [1.807, 2.05) is 34.9 Å². The van der Waals surface area contributed by atoms with Gasteiger partial charge in [0.1, 0.15) is 12.3 Å². The van der Waals surface area contributed by atoms with Crippen LogP contribution in [0.2, 0.25) is 5.02 Å². The van der Waals surface area contributed by atoms with E-state index in [0.717, 1.165) is 11.3 Å². The van der Waals surface area contributed by atoms with E-state index in [0.29, 0.717) is 23.1 Å². The number of nitrogens with zero attached hydrogens (tertiary/aromatic N) is 2. The van der Waals surface area contributed by atoms with Crippen LogP contribution in [-0.2, 0) is 11.3 Å². The predicted molar refractivity (Wildman–Crippen MR) is 88.4 cm³/mol. The second-order valence-electron chi connectivity index (χ2n) is 5.43. The molecule has 3 heterocycles. The van der Waals surface area contributed by atoms with Gasteiger partial charge < -0.3 is 19.2 Å². The van der Waals surface area contributed by atoms with Crippen molar-refractivity contribution in [1.82, 2.24) is 14.7 Å². The first-order chi connectivity index (χ1) is 11.7. The molecule has 0 saturated heterocycles. The van der Waals surface area contributed by atoms with Gasteiger partial charge in [-0.1, -0.05) is 23.7 Å². The highest BCUT2D eigenvalue weighted by Gasteiger charge is 2.27. The van der Waals surface area contributed by atoms with Gasteiger partial charge in [-0.3, -0.25) is 4.79 Å².